The van der Waals surface area contributed by atoms with E-state index in [0.717, 1.165) is 25.0 Å². The smallest absolute Gasteiger partial charge is 0.316 e. The van der Waals surface area contributed by atoms with Crippen LogP contribution in [0.15, 0.2) is 18.3 Å². The van der Waals surface area contributed by atoms with E-state index in [1.807, 2.05) is 7.05 Å². The molecular weight excluding hydrogens is 229 g/mol. The van der Waals surface area contributed by atoms with Gasteiger partial charge in [0.1, 0.15) is 0 Å². The summed E-state index contributed by atoms with van der Waals surface area (Å²) in [5, 5.41) is 3.15. The standard InChI is InChI=1S/C12H15F3N2/c1-16-11(8-2-3-8)7-10-6-9(4-5-17-10)12(13,14)15/h4-6,8,11,16H,2-3,7H2,1H3. The van der Waals surface area contributed by atoms with E-state index in [2.05, 4.69) is 10.3 Å². The summed E-state index contributed by atoms with van der Waals surface area (Å²) in [7, 11) is 1.84. The summed E-state index contributed by atoms with van der Waals surface area (Å²) >= 11 is 0. The van der Waals surface area contributed by atoms with E-state index < -0.39 is 11.7 Å². The van der Waals surface area contributed by atoms with Crippen molar-refractivity contribution in [3.63, 3.8) is 0 Å². The summed E-state index contributed by atoms with van der Waals surface area (Å²) < 4.78 is 37.5. The fourth-order valence-corrected chi connectivity index (χ4v) is 1.99. The lowest BCUT2D eigenvalue weighted by atomic mass is 10.1. The van der Waals surface area contributed by atoms with Gasteiger partial charge in [0.15, 0.2) is 0 Å². The van der Waals surface area contributed by atoms with Gasteiger partial charge in [-0.05, 0) is 37.9 Å². The highest BCUT2D eigenvalue weighted by Gasteiger charge is 2.33. The fourth-order valence-electron chi connectivity index (χ4n) is 1.99. The van der Waals surface area contributed by atoms with E-state index in [9.17, 15) is 13.2 Å². The Morgan fingerprint density at radius 1 is 1.47 bits per heavy atom. The number of hydrogen-bond acceptors (Lipinski definition) is 2. The first-order valence-corrected chi connectivity index (χ1v) is 5.70. The molecule has 0 aromatic carbocycles. The lowest BCUT2D eigenvalue weighted by Gasteiger charge is -2.15. The number of pyridine rings is 1. The van der Waals surface area contributed by atoms with Crippen LogP contribution in [0.1, 0.15) is 24.1 Å². The second-order valence-electron chi connectivity index (χ2n) is 4.47. The molecule has 1 heterocycles. The Bertz CT molecular complexity index is 386. The van der Waals surface area contributed by atoms with Gasteiger partial charge in [-0.1, -0.05) is 0 Å². The van der Waals surface area contributed by atoms with Crippen molar-refractivity contribution in [2.45, 2.75) is 31.5 Å². The predicted octanol–water partition coefficient (Wildman–Crippen LogP) is 2.64. The normalized spacial score (nSPS) is 18.1. The van der Waals surface area contributed by atoms with Crippen molar-refractivity contribution in [1.29, 1.82) is 0 Å². The number of likely N-dealkylation sites (N-methyl/N-ethyl adjacent to an activating group) is 1. The molecule has 1 aliphatic carbocycles. The number of hydrogen-bond donors (Lipinski definition) is 1. The van der Waals surface area contributed by atoms with Gasteiger partial charge in [-0.25, -0.2) is 0 Å². The number of aromatic nitrogens is 1. The zero-order valence-corrected chi connectivity index (χ0v) is 9.59. The number of nitrogens with one attached hydrogen (secondary N) is 1. The maximum absolute atomic E-state index is 12.5. The lowest BCUT2D eigenvalue weighted by Crippen LogP contribution is -2.30. The molecule has 1 fully saturated rings. The SMILES string of the molecule is CNC(Cc1cc(C(F)(F)F)ccn1)C1CC1. The van der Waals surface area contributed by atoms with Gasteiger partial charge in [-0.15, -0.1) is 0 Å². The molecule has 0 aliphatic heterocycles. The number of nitrogens with zero attached hydrogens (tertiary/aromatic N) is 1. The highest BCUT2D eigenvalue weighted by Crippen LogP contribution is 2.34. The summed E-state index contributed by atoms with van der Waals surface area (Å²) in [6.45, 7) is 0. The summed E-state index contributed by atoms with van der Waals surface area (Å²) in [6.07, 6.45) is -0.176. The molecule has 0 bridgehead atoms. The molecule has 0 amide bonds. The van der Waals surface area contributed by atoms with Crippen LogP contribution in [0, 0.1) is 5.92 Å². The van der Waals surface area contributed by atoms with Crippen LogP contribution in [0.3, 0.4) is 0 Å². The third kappa shape index (κ3) is 3.19. The van der Waals surface area contributed by atoms with Crippen LogP contribution in [-0.4, -0.2) is 18.1 Å². The molecular formula is C12H15F3N2. The molecule has 2 nitrogen and oxygen atoms in total. The molecule has 1 aromatic rings. The van der Waals surface area contributed by atoms with Crippen molar-refractivity contribution in [2.24, 2.45) is 5.92 Å². The molecule has 0 spiro atoms. The summed E-state index contributed by atoms with van der Waals surface area (Å²) in [6, 6.07) is 2.40. The number of alkyl halides is 3. The first kappa shape index (κ1) is 12.4. The Hall–Kier alpha value is -1.10. The maximum Gasteiger partial charge on any atom is 0.416 e. The summed E-state index contributed by atoms with van der Waals surface area (Å²) in [5.41, 5.74) is -0.112. The minimum atomic E-state index is -4.29. The van der Waals surface area contributed by atoms with Gasteiger partial charge >= 0.3 is 6.18 Å². The molecule has 1 aliphatic rings. The lowest BCUT2D eigenvalue weighted by molar-refractivity contribution is -0.137. The van der Waals surface area contributed by atoms with E-state index in [1.165, 1.54) is 6.20 Å². The molecule has 0 radical (unpaired) electrons. The van der Waals surface area contributed by atoms with Gasteiger partial charge in [0, 0.05) is 24.4 Å². The van der Waals surface area contributed by atoms with Crippen molar-refractivity contribution in [3.05, 3.63) is 29.6 Å². The van der Waals surface area contributed by atoms with E-state index in [-0.39, 0.29) is 6.04 Å². The maximum atomic E-state index is 12.5. The Kier molecular flexibility index (Phi) is 3.38. The zero-order chi connectivity index (χ0) is 12.5. The minimum absolute atomic E-state index is 0.242. The molecule has 1 saturated carbocycles. The molecule has 2 rings (SSSR count). The second-order valence-corrected chi connectivity index (χ2v) is 4.47. The van der Waals surface area contributed by atoms with Gasteiger partial charge < -0.3 is 5.32 Å². The fraction of sp³-hybridized carbons (Fsp3) is 0.583. The molecule has 5 heteroatoms. The van der Waals surface area contributed by atoms with E-state index in [4.69, 9.17) is 0 Å². The molecule has 94 valence electrons. The van der Waals surface area contributed by atoms with Crippen LogP contribution in [0.25, 0.3) is 0 Å². The van der Waals surface area contributed by atoms with Crippen LogP contribution in [-0.2, 0) is 12.6 Å². The minimum Gasteiger partial charge on any atom is -0.316 e. The summed E-state index contributed by atoms with van der Waals surface area (Å²) in [5.74, 6) is 0.594. The molecule has 0 saturated heterocycles. The van der Waals surface area contributed by atoms with Gasteiger partial charge in [-0.2, -0.15) is 13.2 Å². The second kappa shape index (κ2) is 4.64. The molecule has 1 aromatic heterocycles. The zero-order valence-electron chi connectivity index (χ0n) is 9.59. The number of halogens is 3. The average molecular weight is 244 g/mol. The largest absolute Gasteiger partial charge is 0.416 e. The van der Waals surface area contributed by atoms with Crippen molar-refractivity contribution >= 4 is 0 Å². The van der Waals surface area contributed by atoms with Crippen LogP contribution in [0.4, 0.5) is 13.2 Å². The van der Waals surface area contributed by atoms with Gasteiger partial charge in [0.2, 0.25) is 0 Å². The van der Waals surface area contributed by atoms with Crippen LogP contribution in [0.2, 0.25) is 0 Å². The Morgan fingerprint density at radius 2 is 2.18 bits per heavy atom. The highest BCUT2D eigenvalue weighted by molar-refractivity contribution is 5.20. The average Bonchev–Trinajstić information content (AvgIpc) is 3.09. The third-order valence-electron chi connectivity index (χ3n) is 3.13. The first-order valence-electron chi connectivity index (χ1n) is 5.70. The monoisotopic (exact) mass is 244 g/mol. The van der Waals surface area contributed by atoms with Gasteiger partial charge in [0.05, 0.1) is 5.56 Å². The van der Waals surface area contributed by atoms with Gasteiger partial charge in [-0.3, -0.25) is 4.98 Å². The first-order chi connectivity index (χ1) is 8.00. The number of rotatable bonds is 4. The Labute approximate surface area is 98.2 Å². The van der Waals surface area contributed by atoms with Crippen molar-refractivity contribution < 1.29 is 13.2 Å². The van der Waals surface area contributed by atoms with E-state index in [0.29, 0.717) is 18.0 Å². The predicted molar refractivity (Wildman–Crippen MR) is 58.5 cm³/mol. The Balaban J connectivity index is 2.10. The van der Waals surface area contributed by atoms with Crippen molar-refractivity contribution in [3.8, 4) is 0 Å². The molecule has 1 unspecified atom stereocenters. The molecule has 1 N–H and O–H groups in total. The molecule has 1 atom stereocenters. The highest BCUT2D eigenvalue weighted by atomic mass is 19.4. The van der Waals surface area contributed by atoms with Crippen LogP contribution in [0.5, 0.6) is 0 Å². The Morgan fingerprint density at radius 3 is 2.71 bits per heavy atom. The van der Waals surface area contributed by atoms with Crippen molar-refractivity contribution in [1.82, 2.24) is 10.3 Å². The quantitative estimate of drug-likeness (QED) is 0.880. The third-order valence-corrected chi connectivity index (χ3v) is 3.13. The summed E-state index contributed by atoms with van der Waals surface area (Å²) in [4.78, 5) is 4.01. The topological polar surface area (TPSA) is 24.9 Å². The van der Waals surface area contributed by atoms with E-state index >= 15 is 0 Å². The van der Waals surface area contributed by atoms with Crippen LogP contribution < -0.4 is 5.32 Å². The van der Waals surface area contributed by atoms with Crippen LogP contribution >= 0.6 is 0 Å². The van der Waals surface area contributed by atoms with Crippen molar-refractivity contribution in [2.75, 3.05) is 7.05 Å². The van der Waals surface area contributed by atoms with E-state index in [1.54, 1.807) is 0 Å². The molecule has 17 heavy (non-hydrogen) atoms. The van der Waals surface area contributed by atoms with Gasteiger partial charge in [0.25, 0.3) is 0 Å².